The lowest BCUT2D eigenvalue weighted by atomic mass is 10.2. The molecule has 1 aromatic rings. The molecule has 6 heteroatoms. The molecular formula is C12H22N4OS. The number of nitrogens with two attached hydrogens (primary N) is 1. The van der Waals surface area contributed by atoms with E-state index in [2.05, 4.69) is 34.3 Å². The zero-order valence-electron chi connectivity index (χ0n) is 11.3. The monoisotopic (exact) mass is 270 g/mol. The molecule has 3 N–H and O–H groups in total. The second kappa shape index (κ2) is 7.33. The standard InChI is InChI=1S/C12H22N4OS/c1-9(2)6-16(5-4-11(13)15-17)7-12-14-10(3)8-18-12/h8-9,17H,4-7H2,1-3H3,(H2,13,15). The van der Waals surface area contributed by atoms with E-state index in [0.717, 1.165) is 30.3 Å². The van der Waals surface area contributed by atoms with Crippen molar-refractivity contribution in [1.82, 2.24) is 9.88 Å². The summed E-state index contributed by atoms with van der Waals surface area (Å²) in [6.45, 7) is 8.97. The first-order valence-corrected chi connectivity index (χ1v) is 6.99. The predicted octanol–water partition coefficient (Wildman–Crippen LogP) is 2.05. The zero-order valence-corrected chi connectivity index (χ0v) is 12.1. The average molecular weight is 270 g/mol. The molecule has 0 amide bonds. The third kappa shape index (κ3) is 5.46. The number of hydrogen-bond donors (Lipinski definition) is 2. The molecule has 1 aromatic heterocycles. The number of rotatable bonds is 7. The van der Waals surface area contributed by atoms with Gasteiger partial charge >= 0.3 is 0 Å². The predicted molar refractivity (Wildman–Crippen MR) is 75.0 cm³/mol. The highest BCUT2D eigenvalue weighted by atomic mass is 32.1. The Morgan fingerprint density at radius 3 is 2.83 bits per heavy atom. The van der Waals surface area contributed by atoms with Gasteiger partial charge in [0.25, 0.3) is 0 Å². The van der Waals surface area contributed by atoms with Crippen LogP contribution in [0.1, 0.15) is 31.0 Å². The van der Waals surface area contributed by atoms with Crippen LogP contribution in [0.5, 0.6) is 0 Å². The molecule has 5 nitrogen and oxygen atoms in total. The van der Waals surface area contributed by atoms with Crippen LogP contribution in [0.2, 0.25) is 0 Å². The maximum Gasteiger partial charge on any atom is 0.140 e. The third-order valence-corrected chi connectivity index (χ3v) is 3.41. The van der Waals surface area contributed by atoms with Crippen LogP contribution in [0.3, 0.4) is 0 Å². The van der Waals surface area contributed by atoms with Gasteiger partial charge in [0.05, 0.1) is 6.54 Å². The first kappa shape index (κ1) is 14.9. The van der Waals surface area contributed by atoms with E-state index in [-0.39, 0.29) is 5.84 Å². The summed E-state index contributed by atoms with van der Waals surface area (Å²) in [5, 5.41) is 14.7. The molecular weight excluding hydrogens is 248 g/mol. The topological polar surface area (TPSA) is 74.7 Å². The molecule has 0 fully saturated rings. The Hall–Kier alpha value is -1.14. The van der Waals surface area contributed by atoms with Crippen LogP contribution < -0.4 is 5.73 Å². The van der Waals surface area contributed by atoms with Gasteiger partial charge in [0, 0.05) is 30.6 Å². The highest BCUT2D eigenvalue weighted by Crippen LogP contribution is 2.13. The summed E-state index contributed by atoms with van der Waals surface area (Å²) in [5.41, 5.74) is 6.58. The Morgan fingerprint density at radius 1 is 1.61 bits per heavy atom. The van der Waals surface area contributed by atoms with Gasteiger partial charge in [-0.25, -0.2) is 4.98 Å². The second-order valence-corrected chi connectivity index (χ2v) is 5.80. The van der Waals surface area contributed by atoms with Crippen LogP contribution in [-0.2, 0) is 6.54 Å². The lowest BCUT2D eigenvalue weighted by molar-refractivity contribution is 0.240. The highest BCUT2D eigenvalue weighted by Gasteiger charge is 2.11. The Kier molecular flexibility index (Phi) is 6.07. The summed E-state index contributed by atoms with van der Waals surface area (Å²) in [7, 11) is 0. The zero-order chi connectivity index (χ0) is 13.5. The summed E-state index contributed by atoms with van der Waals surface area (Å²) in [4.78, 5) is 6.76. The molecule has 0 aliphatic carbocycles. The van der Waals surface area contributed by atoms with Gasteiger partial charge in [-0.2, -0.15) is 0 Å². The van der Waals surface area contributed by atoms with E-state index in [0.29, 0.717) is 12.3 Å². The maximum atomic E-state index is 8.56. The lowest BCUT2D eigenvalue weighted by Crippen LogP contribution is -2.31. The van der Waals surface area contributed by atoms with E-state index in [1.54, 1.807) is 11.3 Å². The summed E-state index contributed by atoms with van der Waals surface area (Å²) in [5.74, 6) is 0.859. The van der Waals surface area contributed by atoms with Crippen LogP contribution in [0.15, 0.2) is 10.5 Å². The minimum absolute atomic E-state index is 0.277. The molecule has 1 rings (SSSR count). The largest absolute Gasteiger partial charge is 0.409 e. The Morgan fingerprint density at radius 2 is 2.33 bits per heavy atom. The fourth-order valence-electron chi connectivity index (χ4n) is 1.74. The van der Waals surface area contributed by atoms with Crippen molar-refractivity contribution in [3.8, 4) is 0 Å². The smallest absolute Gasteiger partial charge is 0.140 e. The van der Waals surface area contributed by atoms with Crippen LogP contribution >= 0.6 is 11.3 Å². The number of thiazole rings is 1. The van der Waals surface area contributed by atoms with Crippen LogP contribution in [-0.4, -0.2) is 34.0 Å². The van der Waals surface area contributed by atoms with Gasteiger partial charge in [-0.1, -0.05) is 19.0 Å². The Labute approximate surface area is 112 Å². The van der Waals surface area contributed by atoms with Gasteiger partial charge in [0.2, 0.25) is 0 Å². The molecule has 0 saturated carbocycles. The first-order chi connectivity index (χ1) is 8.51. The molecule has 1 heterocycles. The normalized spacial score (nSPS) is 12.6. The van der Waals surface area contributed by atoms with Gasteiger partial charge in [-0.05, 0) is 12.8 Å². The second-order valence-electron chi connectivity index (χ2n) is 4.85. The van der Waals surface area contributed by atoms with E-state index in [4.69, 9.17) is 10.9 Å². The highest BCUT2D eigenvalue weighted by molar-refractivity contribution is 7.09. The first-order valence-electron chi connectivity index (χ1n) is 6.11. The maximum absolute atomic E-state index is 8.56. The van der Waals surface area contributed by atoms with E-state index in [1.807, 2.05) is 6.92 Å². The van der Waals surface area contributed by atoms with Crippen molar-refractivity contribution in [3.63, 3.8) is 0 Å². The number of nitrogens with zero attached hydrogens (tertiary/aromatic N) is 3. The van der Waals surface area contributed by atoms with Crippen molar-refractivity contribution in [2.75, 3.05) is 13.1 Å². The van der Waals surface area contributed by atoms with Gasteiger partial charge in [0.1, 0.15) is 10.8 Å². The molecule has 0 aliphatic heterocycles. The fourth-order valence-corrected chi connectivity index (χ4v) is 2.55. The number of aromatic nitrogens is 1. The molecule has 0 radical (unpaired) electrons. The number of aryl methyl sites for hydroxylation is 1. The van der Waals surface area contributed by atoms with Crippen molar-refractivity contribution in [3.05, 3.63) is 16.1 Å². The van der Waals surface area contributed by atoms with Gasteiger partial charge in [-0.15, -0.1) is 11.3 Å². The number of hydrogen-bond acceptors (Lipinski definition) is 5. The summed E-state index contributed by atoms with van der Waals surface area (Å²) in [6, 6.07) is 0. The molecule has 0 aliphatic rings. The minimum atomic E-state index is 0.277. The molecule has 18 heavy (non-hydrogen) atoms. The van der Waals surface area contributed by atoms with E-state index in [9.17, 15) is 0 Å². The van der Waals surface area contributed by atoms with Gasteiger partial charge in [0.15, 0.2) is 0 Å². The van der Waals surface area contributed by atoms with Crippen LogP contribution in [0.4, 0.5) is 0 Å². The van der Waals surface area contributed by atoms with E-state index in [1.165, 1.54) is 0 Å². The third-order valence-electron chi connectivity index (χ3n) is 2.46. The molecule has 0 saturated heterocycles. The molecule has 0 bridgehead atoms. The lowest BCUT2D eigenvalue weighted by Gasteiger charge is -2.22. The van der Waals surface area contributed by atoms with Crippen molar-refractivity contribution in [2.45, 2.75) is 33.7 Å². The van der Waals surface area contributed by atoms with Crippen molar-refractivity contribution >= 4 is 17.2 Å². The SMILES string of the molecule is Cc1csc(CN(CCC(N)=NO)CC(C)C)n1. The Balaban J connectivity index is 2.55. The molecule has 102 valence electrons. The molecule has 0 spiro atoms. The van der Waals surface area contributed by atoms with Crippen molar-refractivity contribution in [2.24, 2.45) is 16.8 Å². The van der Waals surface area contributed by atoms with Crippen LogP contribution in [0, 0.1) is 12.8 Å². The quantitative estimate of drug-likeness (QED) is 0.344. The van der Waals surface area contributed by atoms with E-state index >= 15 is 0 Å². The van der Waals surface area contributed by atoms with Gasteiger partial charge < -0.3 is 10.9 Å². The number of amidine groups is 1. The minimum Gasteiger partial charge on any atom is -0.409 e. The molecule has 0 atom stereocenters. The van der Waals surface area contributed by atoms with Crippen molar-refractivity contribution < 1.29 is 5.21 Å². The van der Waals surface area contributed by atoms with Gasteiger partial charge in [-0.3, -0.25) is 4.90 Å². The summed E-state index contributed by atoms with van der Waals surface area (Å²) < 4.78 is 0. The van der Waals surface area contributed by atoms with E-state index < -0.39 is 0 Å². The summed E-state index contributed by atoms with van der Waals surface area (Å²) >= 11 is 1.68. The Bertz CT molecular complexity index is 389. The summed E-state index contributed by atoms with van der Waals surface area (Å²) in [6.07, 6.45) is 0.577. The van der Waals surface area contributed by atoms with Crippen LogP contribution in [0.25, 0.3) is 0 Å². The average Bonchev–Trinajstić information content (AvgIpc) is 2.70. The molecule has 0 aromatic carbocycles. The molecule has 0 unspecified atom stereocenters. The number of oxime groups is 1. The fraction of sp³-hybridized carbons (Fsp3) is 0.667. The van der Waals surface area contributed by atoms with Crippen molar-refractivity contribution in [1.29, 1.82) is 0 Å².